The van der Waals surface area contributed by atoms with Crippen molar-refractivity contribution in [2.24, 2.45) is 17.6 Å². The lowest BCUT2D eigenvalue weighted by Gasteiger charge is -2.19. The summed E-state index contributed by atoms with van der Waals surface area (Å²) >= 11 is 0. The van der Waals surface area contributed by atoms with Crippen LogP contribution in [0.2, 0.25) is 0 Å². The zero-order chi connectivity index (χ0) is 12.0. The number of nitrogens with two attached hydrogens (primary N) is 1. The molecule has 16 heavy (non-hydrogen) atoms. The molecule has 3 nitrogen and oxygen atoms in total. The first-order chi connectivity index (χ1) is 7.61. The summed E-state index contributed by atoms with van der Waals surface area (Å²) in [7, 11) is 1.41. The number of hydrogen-bond acceptors (Lipinski definition) is 3. The number of esters is 1. The molecule has 2 atom stereocenters. The van der Waals surface area contributed by atoms with Gasteiger partial charge in [-0.3, -0.25) is 4.79 Å². The first kappa shape index (κ1) is 13.5. The van der Waals surface area contributed by atoms with E-state index >= 15 is 0 Å². The molecule has 0 saturated heterocycles. The topological polar surface area (TPSA) is 52.3 Å². The summed E-state index contributed by atoms with van der Waals surface area (Å²) in [5, 5.41) is 0. The fourth-order valence-electron chi connectivity index (χ4n) is 2.81. The van der Waals surface area contributed by atoms with Crippen LogP contribution in [0.1, 0.15) is 51.9 Å². The largest absolute Gasteiger partial charge is 0.469 e. The van der Waals surface area contributed by atoms with Gasteiger partial charge >= 0.3 is 5.97 Å². The molecule has 0 aromatic carbocycles. The number of carbonyl (C=O) groups is 1. The van der Waals surface area contributed by atoms with Crippen LogP contribution in [0.25, 0.3) is 0 Å². The van der Waals surface area contributed by atoms with Gasteiger partial charge in [-0.15, -0.1) is 0 Å². The molecule has 0 amide bonds. The summed E-state index contributed by atoms with van der Waals surface area (Å²) in [6.45, 7) is 2.25. The number of methoxy groups -OCH3 is 1. The van der Waals surface area contributed by atoms with Crippen LogP contribution in [0.5, 0.6) is 0 Å². The predicted molar refractivity (Wildman–Crippen MR) is 65.0 cm³/mol. The zero-order valence-electron chi connectivity index (χ0n) is 10.6. The lowest BCUT2D eigenvalue weighted by Crippen LogP contribution is -2.27. The van der Waals surface area contributed by atoms with Gasteiger partial charge in [0.25, 0.3) is 0 Å². The van der Waals surface area contributed by atoms with Gasteiger partial charge in [-0.1, -0.05) is 32.6 Å². The highest BCUT2D eigenvalue weighted by molar-refractivity contribution is 5.69. The van der Waals surface area contributed by atoms with E-state index in [1.54, 1.807) is 0 Å². The second kappa shape index (κ2) is 6.89. The highest BCUT2D eigenvalue weighted by atomic mass is 16.5. The number of carbonyl (C=O) groups excluding carboxylic acids is 1. The molecular weight excluding hydrogens is 202 g/mol. The summed E-state index contributed by atoms with van der Waals surface area (Å²) in [4.78, 5) is 11.0. The molecular formula is C13H25NO2. The lowest BCUT2D eigenvalue weighted by molar-refractivity contribution is -0.141. The number of ether oxygens (including phenoxy) is 1. The second-order valence-electron chi connectivity index (χ2n) is 5.27. The number of rotatable bonds is 6. The molecule has 2 unspecified atom stereocenters. The van der Waals surface area contributed by atoms with Crippen molar-refractivity contribution in [3.05, 3.63) is 0 Å². The Morgan fingerprint density at radius 3 is 2.62 bits per heavy atom. The quantitative estimate of drug-likeness (QED) is 0.709. The fourth-order valence-corrected chi connectivity index (χ4v) is 2.81. The van der Waals surface area contributed by atoms with Gasteiger partial charge in [-0.25, -0.2) is 0 Å². The first-order valence-electron chi connectivity index (χ1n) is 6.44. The minimum Gasteiger partial charge on any atom is -0.469 e. The van der Waals surface area contributed by atoms with E-state index in [1.807, 2.05) is 0 Å². The molecule has 1 aliphatic rings. The maximum atomic E-state index is 11.0. The molecule has 1 rings (SSSR count). The van der Waals surface area contributed by atoms with Crippen LogP contribution in [0.15, 0.2) is 0 Å². The average molecular weight is 227 g/mol. The molecule has 1 fully saturated rings. The van der Waals surface area contributed by atoms with Gasteiger partial charge < -0.3 is 10.5 Å². The summed E-state index contributed by atoms with van der Waals surface area (Å²) in [5.41, 5.74) is 5.92. The third kappa shape index (κ3) is 4.97. The molecule has 0 aromatic heterocycles. The summed E-state index contributed by atoms with van der Waals surface area (Å²) in [5.74, 6) is 1.34. The number of hydrogen-bond donors (Lipinski definition) is 1. The van der Waals surface area contributed by atoms with E-state index < -0.39 is 0 Å². The Morgan fingerprint density at radius 2 is 2.06 bits per heavy atom. The molecule has 0 aromatic rings. The van der Waals surface area contributed by atoms with Crippen LogP contribution >= 0.6 is 0 Å². The Hall–Kier alpha value is -0.570. The van der Waals surface area contributed by atoms with Crippen molar-refractivity contribution < 1.29 is 9.53 Å². The van der Waals surface area contributed by atoms with E-state index in [9.17, 15) is 4.79 Å². The van der Waals surface area contributed by atoms with Gasteiger partial charge in [0.15, 0.2) is 0 Å². The van der Waals surface area contributed by atoms with Gasteiger partial charge in [0, 0.05) is 6.04 Å². The fraction of sp³-hybridized carbons (Fsp3) is 0.923. The first-order valence-corrected chi connectivity index (χ1v) is 6.44. The van der Waals surface area contributed by atoms with Crippen molar-refractivity contribution in [3.63, 3.8) is 0 Å². The second-order valence-corrected chi connectivity index (χ2v) is 5.27. The van der Waals surface area contributed by atoms with Crippen molar-refractivity contribution in [2.45, 2.75) is 57.9 Å². The van der Waals surface area contributed by atoms with Crippen molar-refractivity contribution >= 4 is 5.97 Å². The van der Waals surface area contributed by atoms with Crippen LogP contribution in [0.3, 0.4) is 0 Å². The predicted octanol–water partition coefficient (Wildman–Crippen LogP) is 2.48. The minimum atomic E-state index is -0.194. The molecule has 94 valence electrons. The molecule has 0 spiro atoms. The highest BCUT2D eigenvalue weighted by Crippen LogP contribution is 2.31. The van der Waals surface area contributed by atoms with Gasteiger partial charge in [-0.05, 0) is 24.7 Å². The summed E-state index contributed by atoms with van der Waals surface area (Å²) in [6, 6.07) is -0.0381. The van der Waals surface area contributed by atoms with Crippen LogP contribution < -0.4 is 5.73 Å². The third-order valence-corrected chi connectivity index (χ3v) is 3.57. The molecule has 2 N–H and O–H groups in total. The van der Waals surface area contributed by atoms with Crippen LogP contribution in [-0.4, -0.2) is 19.1 Å². The molecule has 0 aliphatic heterocycles. The Morgan fingerprint density at radius 1 is 1.44 bits per heavy atom. The van der Waals surface area contributed by atoms with Crippen LogP contribution in [0.4, 0.5) is 0 Å². The molecule has 0 radical (unpaired) electrons. The minimum absolute atomic E-state index is 0.0381. The van der Waals surface area contributed by atoms with E-state index in [2.05, 4.69) is 11.7 Å². The van der Waals surface area contributed by atoms with E-state index in [1.165, 1.54) is 39.2 Å². The SMILES string of the molecule is COC(=O)CC(N)CC(C)CC1CCCC1. The summed E-state index contributed by atoms with van der Waals surface area (Å²) < 4.78 is 4.62. The Bertz CT molecular complexity index is 212. The lowest BCUT2D eigenvalue weighted by atomic mass is 9.89. The van der Waals surface area contributed by atoms with Crippen molar-refractivity contribution in [2.75, 3.05) is 7.11 Å². The Balaban J connectivity index is 2.16. The molecule has 3 heteroatoms. The van der Waals surface area contributed by atoms with Gasteiger partial charge in [-0.2, -0.15) is 0 Å². The van der Waals surface area contributed by atoms with Crippen molar-refractivity contribution in [1.82, 2.24) is 0 Å². The normalized spacial score (nSPS) is 20.7. The smallest absolute Gasteiger partial charge is 0.307 e. The van der Waals surface area contributed by atoms with Crippen molar-refractivity contribution in [1.29, 1.82) is 0 Å². The van der Waals surface area contributed by atoms with Gasteiger partial charge in [0.05, 0.1) is 13.5 Å². The monoisotopic (exact) mass is 227 g/mol. The average Bonchev–Trinajstić information content (AvgIpc) is 2.69. The van der Waals surface area contributed by atoms with Crippen LogP contribution in [-0.2, 0) is 9.53 Å². The molecule has 1 saturated carbocycles. The van der Waals surface area contributed by atoms with E-state index in [0.717, 1.165) is 12.3 Å². The Labute approximate surface area is 98.7 Å². The van der Waals surface area contributed by atoms with Crippen LogP contribution in [0, 0.1) is 11.8 Å². The summed E-state index contributed by atoms with van der Waals surface area (Å²) in [6.07, 6.45) is 8.12. The van der Waals surface area contributed by atoms with Gasteiger partial charge in [0.1, 0.15) is 0 Å². The van der Waals surface area contributed by atoms with E-state index in [4.69, 9.17) is 5.73 Å². The van der Waals surface area contributed by atoms with Gasteiger partial charge in [0.2, 0.25) is 0 Å². The molecule has 0 heterocycles. The van der Waals surface area contributed by atoms with Crippen molar-refractivity contribution in [3.8, 4) is 0 Å². The van der Waals surface area contributed by atoms with E-state index in [0.29, 0.717) is 12.3 Å². The highest BCUT2D eigenvalue weighted by Gasteiger charge is 2.20. The Kier molecular flexibility index (Phi) is 5.81. The third-order valence-electron chi connectivity index (χ3n) is 3.57. The standard InChI is InChI=1S/C13H25NO2/c1-10(7-11-5-3-4-6-11)8-12(14)9-13(15)16-2/h10-12H,3-9,14H2,1-2H3. The molecule has 1 aliphatic carbocycles. The maximum Gasteiger partial charge on any atom is 0.307 e. The zero-order valence-corrected chi connectivity index (χ0v) is 10.6. The maximum absolute atomic E-state index is 11.0. The molecule has 0 bridgehead atoms. The van der Waals surface area contributed by atoms with E-state index in [-0.39, 0.29) is 12.0 Å².